The van der Waals surface area contributed by atoms with E-state index in [4.69, 9.17) is 4.42 Å². The van der Waals surface area contributed by atoms with E-state index >= 15 is 0 Å². The van der Waals surface area contributed by atoms with Crippen molar-refractivity contribution in [1.82, 2.24) is 0 Å². The Morgan fingerprint density at radius 2 is 2.00 bits per heavy atom. The van der Waals surface area contributed by atoms with Crippen LogP contribution in [0.25, 0.3) is 0 Å². The van der Waals surface area contributed by atoms with Crippen molar-refractivity contribution < 1.29 is 9.52 Å². The third-order valence-electron chi connectivity index (χ3n) is 2.30. The lowest BCUT2D eigenvalue weighted by Gasteiger charge is -1.96. The molecule has 0 aliphatic carbocycles. The molecule has 3 heteroatoms. The molecule has 0 fully saturated rings. The second-order valence-electron chi connectivity index (χ2n) is 3.62. The predicted octanol–water partition coefficient (Wildman–Crippen LogP) is 3.35. The Balaban J connectivity index is 2.28. The van der Waals surface area contributed by atoms with Crippen LogP contribution in [0, 0.1) is 13.8 Å². The number of phenols is 1. The smallest absolute Gasteiger partial charge is 0.141 e. The van der Waals surface area contributed by atoms with Crippen LogP contribution in [0.4, 0.5) is 5.69 Å². The van der Waals surface area contributed by atoms with Gasteiger partial charge in [-0.25, -0.2) is 0 Å². The fourth-order valence-corrected chi connectivity index (χ4v) is 1.49. The van der Waals surface area contributed by atoms with Crippen molar-refractivity contribution >= 4 is 11.9 Å². The van der Waals surface area contributed by atoms with E-state index in [9.17, 15) is 5.11 Å². The molecule has 0 aliphatic heterocycles. The molecule has 1 aromatic carbocycles. The standard InChI is InChI=1S/C13H13NO2/c1-9-7-11(10(2)16-9)8-14-12-5-3-4-6-13(12)15/h3-8,15H,1-2H3. The zero-order valence-corrected chi connectivity index (χ0v) is 9.27. The van der Waals surface area contributed by atoms with Gasteiger partial charge in [0.15, 0.2) is 0 Å². The summed E-state index contributed by atoms with van der Waals surface area (Å²) in [5, 5.41) is 9.53. The van der Waals surface area contributed by atoms with Gasteiger partial charge in [-0.2, -0.15) is 0 Å². The van der Waals surface area contributed by atoms with Crippen LogP contribution < -0.4 is 0 Å². The van der Waals surface area contributed by atoms with Gasteiger partial charge in [-0.1, -0.05) is 12.1 Å². The lowest BCUT2D eigenvalue weighted by Crippen LogP contribution is -1.79. The number of hydrogen-bond acceptors (Lipinski definition) is 3. The van der Waals surface area contributed by atoms with Gasteiger partial charge in [0.05, 0.1) is 0 Å². The average Bonchev–Trinajstić information content (AvgIpc) is 2.56. The van der Waals surface area contributed by atoms with E-state index in [1.165, 1.54) is 0 Å². The van der Waals surface area contributed by atoms with Crippen molar-refractivity contribution in [2.45, 2.75) is 13.8 Å². The maximum Gasteiger partial charge on any atom is 0.141 e. The number of hydrogen-bond donors (Lipinski definition) is 1. The second-order valence-corrected chi connectivity index (χ2v) is 3.62. The summed E-state index contributed by atoms with van der Waals surface area (Å²) in [6.07, 6.45) is 1.70. The molecule has 16 heavy (non-hydrogen) atoms. The van der Waals surface area contributed by atoms with Crippen molar-refractivity contribution in [2.24, 2.45) is 4.99 Å². The molecule has 0 atom stereocenters. The molecule has 1 aromatic heterocycles. The van der Waals surface area contributed by atoms with Crippen LogP contribution in [0.2, 0.25) is 0 Å². The third kappa shape index (κ3) is 2.14. The zero-order valence-electron chi connectivity index (χ0n) is 9.27. The van der Waals surface area contributed by atoms with Crippen molar-refractivity contribution in [3.8, 4) is 5.75 Å². The molecule has 0 saturated heterocycles. The number of rotatable bonds is 2. The predicted molar refractivity (Wildman–Crippen MR) is 63.5 cm³/mol. The van der Waals surface area contributed by atoms with Gasteiger partial charge >= 0.3 is 0 Å². The molecule has 2 aromatic rings. The van der Waals surface area contributed by atoms with Gasteiger partial charge in [-0.05, 0) is 32.0 Å². The second kappa shape index (κ2) is 4.23. The molecular formula is C13H13NO2. The van der Waals surface area contributed by atoms with Gasteiger partial charge < -0.3 is 9.52 Å². The van der Waals surface area contributed by atoms with Crippen molar-refractivity contribution in [2.75, 3.05) is 0 Å². The molecule has 1 N–H and O–H groups in total. The van der Waals surface area contributed by atoms with Gasteiger partial charge in [-0.3, -0.25) is 4.99 Å². The Labute approximate surface area is 94.1 Å². The minimum absolute atomic E-state index is 0.177. The van der Waals surface area contributed by atoms with Gasteiger partial charge in [-0.15, -0.1) is 0 Å². The minimum atomic E-state index is 0.177. The molecule has 0 aliphatic rings. The summed E-state index contributed by atoms with van der Waals surface area (Å²) in [5.41, 5.74) is 1.49. The Hall–Kier alpha value is -2.03. The summed E-state index contributed by atoms with van der Waals surface area (Å²) in [7, 11) is 0. The Morgan fingerprint density at radius 3 is 2.62 bits per heavy atom. The van der Waals surface area contributed by atoms with Crippen molar-refractivity contribution in [3.63, 3.8) is 0 Å². The molecule has 1 heterocycles. The number of aliphatic imine (C=N–C) groups is 1. The van der Waals surface area contributed by atoms with Crippen LogP contribution in [0.15, 0.2) is 39.7 Å². The summed E-state index contributed by atoms with van der Waals surface area (Å²) in [5.74, 6) is 1.87. The van der Waals surface area contributed by atoms with Gasteiger partial charge in [0.1, 0.15) is 23.0 Å². The minimum Gasteiger partial charge on any atom is -0.506 e. The highest BCUT2D eigenvalue weighted by atomic mass is 16.3. The first-order valence-electron chi connectivity index (χ1n) is 5.06. The molecule has 0 bridgehead atoms. The van der Waals surface area contributed by atoms with Gasteiger partial charge in [0.2, 0.25) is 0 Å². The van der Waals surface area contributed by atoms with Crippen LogP contribution >= 0.6 is 0 Å². The highest BCUT2D eigenvalue weighted by molar-refractivity contribution is 5.83. The van der Waals surface area contributed by atoms with Crippen LogP contribution in [-0.4, -0.2) is 11.3 Å². The summed E-state index contributed by atoms with van der Waals surface area (Å²) in [6, 6.07) is 8.88. The topological polar surface area (TPSA) is 45.7 Å². The molecule has 3 nitrogen and oxygen atoms in total. The average molecular weight is 215 g/mol. The fourth-order valence-electron chi connectivity index (χ4n) is 1.49. The Bertz CT molecular complexity index is 526. The Kier molecular flexibility index (Phi) is 2.77. The quantitative estimate of drug-likeness (QED) is 0.781. The first-order chi connectivity index (χ1) is 7.66. The number of para-hydroxylation sites is 2. The highest BCUT2D eigenvalue weighted by Crippen LogP contribution is 2.25. The SMILES string of the molecule is Cc1cc(C=Nc2ccccc2O)c(C)o1. The van der Waals surface area contributed by atoms with E-state index in [-0.39, 0.29) is 5.75 Å². The number of nitrogens with zero attached hydrogens (tertiary/aromatic N) is 1. The van der Waals surface area contributed by atoms with E-state index in [1.807, 2.05) is 26.0 Å². The van der Waals surface area contributed by atoms with Crippen LogP contribution in [0.1, 0.15) is 17.1 Å². The van der Waals surface area contributed by atoms with E-state index in [2.05, 4.69) is 4.99 Å². The maximum atomic E-state index is 9.53. The highest BCUT2D eigenvalue weighted by Gasteiger charge is 2.02. The summed E-state index contributed by atoms with van der Waals surface area (Å²) in [4.78, 5) is 4.22. The third-order valence-corrected chi connectivity index (χ3v) is 2.30. The maximum absolute atomic E-state index is 9.53. The largest absolute Gasteiger partial charge is 0.506 e. The summed E-state index contributed by atoms with van der Waals surface area (Å²) < 4.78 is 5.38. The molecular weight excluding hydrogens is 202 g/mol. The molecule has 0 unspecified atom stereocenters. The normalized spacial score (nSPS) is 11.1. The van der Waals surface area contributed by atoms with Gasteiger partial charge in [0, 0.05) is 11.8 Å². The summed E-state index contributed by atoms with van der Waals surface area (Å²) >= 11 is 0. The molecule has 2 rings (SSSR count). The molecule has 0 saturated carbocycles. The number of aromatic hydroxyl groups is 1. The molecule has 0 radical (unpaired) electrons. The molecule has 82 valence electrons. The first-order valence-corrected chi connectivity index (χ1v) is 5.06. The van der Waals surface area contributed by atoms with Gasteiger partial charge in [0.25, 0.3) is 0 Å². The first kappa shape index (κ1) is 10.5. The Morgan fingerprint density at radius 1 is 1.25 bits per heavy atom. The van der Waals surface area contributed by atoms with Crippen LogP contribution in [-0.2, 0) is 0 Å². The molecule has 0 amide bonds. The van der Waals surface area contributed by atoms with E-state index in [1.54, 1.807) is 24.4 Å². The number of aryl methyl sites for hydroxylation is 2. The van der Waals surface area contributed by atoms with Crippen molar-refractivity contribution in [1.29, 1.82) is 0 Å². The zero-order chi connectivity index (χ0) is 11.5. The molecule has 0 spiro atoms. The van der Waals surface area contributed by atoms with Crippen LogP contribution in [0.3, 0.4) is 0 Å². The number of benzene rings is 1. The fraction of sp³-hybridized carbons (Fsp3) is 0.154. The summed E-state index contributed by atoms with van der Waals surface area (Å²) in [6.45, 7) is 3.78. The monoisotopic (exact) mass is 215 g/mol. The lowest BCUT2D eigenvalue weighted by atomic mass is 10.2. The van der Waals surface area contributed by atoms with Crippen molar-refractivity contribution in [3.05, 3.63) is 47.4 Å². The number of phenolic OH excluding ortho intramolecular Hbond substituents is 1. The van der Waals surface area contributed by atoms with Crippen LogP contribution in [0.5, 0.6) is 5.75 Å². The van der Waals surface area contributed by atoms with E-state index in [0.717, 1.165) is 17.1 Å². The van der Waals surface area contributed by atoms with E-state index in [0.29, 0.717) is 5.69 Å². The number of furan rings is 1. The van der Waals surface area contributed by atoms with E-state index < -0.39 is 0 Å². The lowest BCUT2D eigenvalue weighted by molar-refractivity contribution is 0.477.